The van der Waals surface area contributed by atoms with E-state index in [2.05, 4.69) is 11.3 Å². The van der Waals surface area contributed by atoms with Gasteiger partial charge in [0, 0.05) is 0 Å². The zero-order valence-electron chi connectivity index (χ0n) is 4.83. The number of aliphatic hydroxyl groups is 1. The molecular formula is C5H7NO3. The van der Waals surface area contributed by atoms with Crippen molar-refractivity contribution in [3.05, 3.63) is 12.5 Å². The van der Waals surface area contributed by atoms with Gasteiger partial charge in [0.25, 0.3) is 0 Å². The molecule has 1 fully saturated rings. The fourth-order valence-electron chi connectivity index (χ4n) is 0.628. The number of carbonyl (C=O) groups excluding carboxylic acids is 1. The monoisotopic (exact) mass is 129 g/mol. The molecule has 0 atom stereocenters. The number of hydrogen-bond acceptors (Lipinski definition) is 3. The van der Waals surface area contributed by atoms with Crippen LogP contribution in [-0.4, -0.2) is 29.3 Å². The molecule has 0 aromatic heterocycles. The lowest BCUT2D eigenvalue weighted by atomic mass is 10.6. The predicted octanol–water partition coefficient (Wildman–Crippen LogP) is 0.468. The van der Waals surface area contributed by atoms with Crippen molar-refractivity contribution in [2.75, 3.05) is 13.2 Å². The van der Waals surface area contributed by atoms with Crippen LogP contribution < -0.4 is 0 Å². The van der Waals surface area contributed by atoms with Crippen molar-refractivity contribution in [2.45, 2.75) is 0 Å². The highest BCUT2D eigenvalue weighted by Crippen LogP contribution is 2.06. The summed E-state index contributed by atoms with van der Waals surface area (Å²) in [5.41, 5.74) is 0. The molecular weight excluding hydrogens is 122 g/mol. The molecule has 1 aliphatic rings. The van der Waals surface area contributed by atoms with Crippen LogP contribution in [0.2, 0.25) is 0 Å². The summed E-state index contributed by atoms with van der Waals surface area (Å²) >= 11 is 0. The third-order valence-corrected chi connectivity index (χ3v) is 1.07. The number of aliphatic hydroxyl groups excluding tert-OH is 1. The Morgan fingerprint density at radius 3 is 2.78 bits per heavy atom. The molecule has 0 bridgehead atoms. The molecule has 1 heterocycles. The summed E-state index contributed by atoms with van der Waals surface area (Å²) in [5.74, 6) is -0.252. The summed E-state index contributed by atoms with van der Waals surface area (Å²) in [6, 6.07) is 0. The van der Waals surface area contributed by atoms with Gasteiger partial charge >= 0.3 is 6.09 Å². The largest absolute Gasteiger partial charge is 0.495 e. The van der Waals surface area contributed by atoms with E-state index in [1.54, 1.807) is 0 Å². The smallest absolute Gasteiger partial charge is 0.416 e. The van der Waals surface area contributed by atoms with Crippen LogP contribution in [0.5, 0.6) is 0 Å². The van der Waals surface area contributed by atoms with Crippen molar-refractivity contribution in [2.24, 2.45) is 0 Å². The Balaban J connectivity index is 2.60. The quantitative estimate of drug-likeness (QED) is 0.523. The molecule has 0 saturated carbocycles. The summed E-state index contributed by atoms with van der Waals surface area (Å²) in [6.07, 6.45) is -0.525. The second-order valence-electron chi connectivity index (χ2n) is 1.68. The maximum atomic E-state index is 10.5. The van der Waals surface area contributed by atoms with Gasteiger partial charge < -0.3 is 9.84 Å². The highest BCUT2D eigenvalue weighted by molar-refractivity contribution is 5.70. The average molecular weight is 129 g/mol. The molecule has 1 saturated heterocycles. The third-order valence-electron chi connectivity index (χ3n) is 1.07. The zero-order valence-corrected chi connectivity index (χ0v) is 4.83. The molecule has 0 spiro atoms. The van der Waals surface area contributed by atoms with E-state index in [9.17, 15) is 4.79 Å². The highest BCUT2D eigenvalue weighted by Gasteiger charge is 2.23. The van der Waals surface area contributed by atoms with Gasteiger partial charge in [-0.25, -0.2) is 9.69 Å². The lowest BCUT2D eigenvalue weighted by Gasteiger charge is -2.07. The molecule has 50 valence electrons. The molecule has 0 aromatic rings. The van der Waals surface area contributed by atoms with Crippen molar-refractivity contribution in [1.29, 1.82) is 0 Å². The lowest BCUT2D eigenvalue weighted by Crippen LogP contribution is -2.22. The molecule has 0 aliphatic carbocycles. The summed E-state index contributed by atoms with van der Waals surface area (Å²) < 4.78 is 4.49. The van der Waals surface area contributed by atoms with Gasteiger partial charge in [-0.2, -0.15) is 0 Å². The van der Waals surface area contributed by atoms with Crippen LogP contribution >= 0.6 is 0 Å². The van der Waals surface area contributed by atoms with E-state index in [1.807, 2.05) is 0 Å². The van der Waals surface area contributed by atoms with Crippen molar-refractivity contribution in [3.8, 4) is 0 Å². The van der Waals surface area contributed by atoms with E-state index in [4.69, 9.17) is 5.11 Å². The molecule has 4 nitrogen and oxygen atoms in total. The number of amides is 1. The number of ether oxygens (including phenoxy) is 1. The first-order valence-electron chi connectivity index (χ1n) is 2.54. The van der Waals surface area contributed by atoms with E-state index in [0.29, 0.717) is 13.2 Å². The van der Waals surface area contributed by atoms with Crippen molar-refractivity contribution in [1.82, 2.24) is 4.90 Å². The van der Waals surface area contributed by atoms with Gasteiger partial charge in [0.15, 0.2) is 5.88 Å². The molecule has 0 aromatic carbocycles. The Hall–Kier alpha value is -1.19. The van der Waals surface area contributed by atoms with E-state index in [-0.39, 0.29) is 5.88 Å². The maximum absolute atomic E-state index is 10.5. The van der Waals surface area contributed by atoms with Crippen molar-refractivity contribution < 1.29 is 14.6 Å². The van der Waals surface area contributed by atoms with E-state index in [1.165, 1.54) is 0 Å². The summed E-state index contributed by atoms with van der Waals surface area (Å²) in [5, 5.41) is 8.65. The Morgan fingerprint density at radius 2 is 2.56 bits per heavy atom. The van der Waals surface area contributed by atoms with Gasteiger partial charge in [-0.1, -0.05) is 0 Å². The van der Waals surface area contributed by atoms with Gasteiger partial charge in [-0.3, -0.25) is 0 Å². The Kier molecular flexibility index (Phi) is 1.30. The first kappa shape index (κ1) is 5.94. The minimum Gasteiger partial charge on any atom is -0.495 e. The van der Waals surface area contributed by atoms with Gasteiger partial charge in [-0.15, -0.1) is 0 Å². The molecule has 4 heteroatoms. The minimum absolute atomic E-state index is 0.252. The standard InChI is InChI=1S/C5H7NO3/c1-4(7)6-2-3-9-5(6)8/h7H,1-3H2. The van der Waals surface area contributed by atoms with Crippen molar-refractivity contribution >= 4 is 6.09 Å². The summed E-state index contributed by atoms with van der Waals surface area (Å²) in [7, 11) is 0. The van der Waals surface area contributed by atoms with Crippen LogP contribution in [0.15, 0.2) is 12.5 Å². The SMILES string of the molecule is C=C(O)N1CCOC1=O. The predicted molar refractivity (Wildman–Crippen MR) is 29.8 cm³/mol. The first-order chi connectivity index (χ1) is 4.22. The highest BCUT2D eigenvalue weighted by atomic mass is 16.6. The maximum Gasteiger partial charge on any atom is 0.416 e. The van der Waals surface area contributed by atoms with E-state index < -0.39 is 6.09 Å². The molecule has 9 heavy (non-hydrogen) atoms. The molecule has 1 amide bonds. The normalized spacial score (nSPS) is 17.8. The van der Waals surface area contributed by atoms with Crippen LogP contribution in [0.3, 0.4) is 0 Å². The fourth-order valence-corrected chi connectivity index (χ4v) is 0.628. The van der Waals surface area contributed by atoms with E-state index in [0.717, 1.165) is 4.90 Å². The van der Waals surface area contributed by atoms with Crippen LogP contribution in [0.4, 0.5) is 4.79 Å². The summed E-state index contributed by atoms with van der Waals surface area (Å²) in [4.78, 5) is 11.6. The van der Waals surface area contributed by atoms with Crippen LogP contribution in [0.1, 0.15) is 0 Å². The lowest BCUT2D eigenvalue weighted by molar-refractivity contribution is 0.152. The topological polar surface area (TPSA) is 49.8 Å². The van der Waals surface area contributed by atoms with Gasteiger partial charge in [0.2, 0.25) is 0 Å². The van der Waals surface area contributed by atoms with Gasteiger partial charge in [0.05, 0.1) is 6.54 Å². The minimum atomic E-state index is -0.525. The van der Waals surface area contributed by atoms with Crippen LogP contribution in [-0.2, 0) is 4.74 Å². The molecule has 1 aliphatic heterocycles. The zero-order chi connectivity index (χ0) is 6.85. The number of rotatable bonds is 1. The molecule has 0 unspecified atom stereocenters. The van der Waals surface area contributed by atoms with Crippen LogP contribution in [0, 0.1) is 0 Å². The number of nitrogens with zero attached hydrogens (tertiary/aromatic N) is 1. The molecule has 1 N–H and O–H groups in total. The average Bonchev–Trinajstić information content (AvgIpc) is 2.13. The Labute approximate surface area is 52.3 Å². The molecule has 1 rings (SSSR count). The number of cyclic esters (lactones) is 1. The second-order valence-corrected chi connectivity index (χ2v) is 1.68. The first-order valence-corrected chi connectivity index (χ1v) is 2.54. The number of carbonyl (C=O) groups is 1. The van der Waals surface area contributed by atoms with Crippen molar-refractivity contribution in [3.63, 3.8) is 0 Å². The summed E-state index contributed by atoms with van der Waals surface area (Å²) in [6.45, 7) is 3.90. The Morgan fingerprint density at radius 1 is 1.89 bits per heavy atom. The Bertz CT molecular complexity index is 154. The fraction of sp³-hybridized carbons (Fsp3) is 0.400. The second kappa shape index (κ2) is 1.97. The molecule has 0 radical (unpaired) electrons. The van der Waals surface area contributed by atoms with Gasteiger partial charge in [-0.05, 0) is 6.58 Å². The van der Waals surface area contributed by atoms with Crippen LogP contribution in [0.25, 0.3) is 0 Å². The third kappa shape index (κ3) is 0.960. The van der Waals surface area contributed by atoms with Gasteiger partial charge in [0.1, 0.15) is 6.61 Å². The number of hydrogen-bond donors (Lipinski definition) is 1. The van der Waals surface area contributed by atoms with E-state index >= 15 is 0 Å².